The van der Waals surface area contributed by atoms with Crippen LogP contribution in [0.3, 0.4) is 0 Å². The van der Waals surface area contributed by atoms with Crippen molar-refractivity contribution in [1.29, 1.82) is 0 Å². The molecule has 23 heavy (non-hydrogen) atoms. The third-order valence-corrected chi connectivity index (χ3v) is 4.81. The second-order valence-electron chi connectivity index (χ2n) is 4.89. The lowest BCUT2D eigenvalue weighted by Gasteiger charge is -2.03. The number of para-hydroxylation sites is 1. The smallest absolute Gasteiger partial charge is 0.307 e. The van der Waals surface area contributed by atoms with E-state index >= 15 is 0 Å². The van der Waals surface area contributed by atoms with E-state index in [-0.39, 0.29) is 6.42 Å². The van der Waals surface area contributed by atoms with Crippen molar-refractivity contribution in [2.45, 2.75) is 6.42 Å². The van der Waals surface area contributed by atoms with Crippen molar-refractivity contribution in [3.63, 3.8) is 0 Å². The largest absolute Gasteiger partial charge is 0.481 e. The summed E-state index contributed by atoms with van der Waals surface area (Å²) in [6.45, 7) is 0. The summed E-state index contributed by atoms with van der Waals surface area (Å²) in [5, 5.41) is 9.74. The van der Waals surface area contributed by atoms with E-state index in [9.17, 15) is 9.18 Å². The molecule has 116 valence electrons. The maximum absolute atomic E-state index is 14.0. The molecule has 2 aromatic carbocycles. The SMILES string of the molecule is O=C(O)C/C(=C/c1ccc(Br)cc1F)c1nc2ccccc2s1. The van der Waals surface area contributed by atoms with Crippen molar-refractivity contribution in [3.8, 4) is 0 Å². The molecular formula is C17H11BrFNO2S. The first-order valence-electron chi connectivity index (χ1n) is 6.76. The van der Waals surface area contributed by atoms with Crippen molar-refractivity contribution >= 4 is 55.1 Å². The highest BCUT2D eigenvalue weighted by atomic mass is 79.9. The molecule has 0 radical (unpaired) electrons. The fraction of sp³-hybridized carbons (Fsp3) is 0.0588. The molecule has 0 saturated heterocycles. The third kappa shape index (κ3) is 3.65. The van der Waals surface area contributed by atoms with Gasteiger partial charge in [0.05, 0.1) is 16.6 Å². The predicted molar refractivity (Wildman–Crippen MR) is 93.8 cm³/mol. The summed E-state index contributed by atoms with van der Waals surface area (Å²) in [5.74, 6) is -1.39. The quantitative estimate of drug-likeness (QED) is 0.663. The first-order chi connectivity index (χ1) is 11.0. The zero-order valence-electron chi connectivity index (χ0n) is 11.8. The van der Waals surface area contributed by atoms with Gasteiger partial charge < -0.3 is 5.11 Å². The Morgan fingerprint density at radius 2 is 2.09 bits per heavy atom. The fourth-order valence-electron chi connectivity index (χ4n) is 2.17. The van der Waals surface area contributed by atoms with Gasteiger partial charge in [0, 0.05) is 10.0 Å². The fourth-order valence-corrected chi connectivity index (χ4v) is 3.48. The summed E-state index contributed by atoms with van der Waals surface area (Å²) in [6.07, 6.45) is 1.34. The lowest BCUT2D eigenvalue weighted by molar-refractivity contribution is -0.135. The molecule has 0 fully saturated rings. The van der Waals surface area contributed by atoms with Gasteiger partial charge in [-0.3, -0.25) is 4.79 Å². The van der Waals surface area contributed by atoms with Crippen LogP contribution in [0.2, 0.25) is 0 Å². The Balaban J connectivity index is 2.09. The monoisotopic (exact) mass is 391 g/mol. The molecule has 3 nitrogen and oxygen atoms in total. The van der Waals surface area contributed by atoms with E-state index in [4.69, 9.17) is 5.11 Å². The second kappa shape index (κ2) is 6.60. The predicted octanol–water partition coefficient (Wildman–Crippen LogP) is 5.21. The van der Waals surface area contributed by atoms with Crippen LogP contribution in [0, 0.1) is 5.82 Å². The highest BCUT2D eigenvalue weighted by molar-refractivity contribution is 9.10. The number of rotatable bonds is 4. The van der Waals surface area contributed by atoms with Crippen LogP contribution < -0.4 is 0 Å². The van der Waals surface area contributed by atoms with Gasteiger partial charge in [-0.25, -0.2) is 9.37 Å². The molecule has 0 aliphatic heterocycles. The number of carbonyl (C=O) groups is 1. The van der Waals surface area contributed by atoms with Crippen molar-refractivity contribution in [1.82, 2.24) is 4.98 Å². The Morgan fingerprint density at radius 1 is 1.30 bits per heavy atom. The van der Waals surface area contributed by atoms with Gasteiger partial charge in [0.2, 0.25) is 0 Å². The standard InChI is InChI=1S/C17H11BrFNO2S/c18-12-6-5-10(13(19)9-12)7-11(8-16(21)22)17-20-14-3-1-2-4-15(14)23-17/h1-7,9H,8H2,(H,21,22)/b11-7-. The van der Waals surface area contributed by atoms with Gasteiger partial charge in [-0.1, -0.05) is 34.1 Å². The molecule has 3 rings (SSSR count). The number of hydrogen-bond donors (Lipinski definition) is 1. The Bertz CT molecular complexity index is 887. The van der Waals surface area contributed by atoms with Crippen LogP contribution in [0.1, 0.15) is 17.0 Å². The van der Waals surface area contributed by atoms with Crippen LogP contribution in [0.25, 0.3) is 21.9 Å². The van der Waals surface area contributed by atoms with E-state index in [1.54, 1.807) is 18.2 Å². The minimum Gasteiger partial charge on any atom is -0.481 e. The zero-order chi connectivity index (χ0) is 16.4. The summed E-state index contributed by atoms with van der Waals surface area (Å²) < 4.78 is 15.6. The maximum Gasteiger partial charge on any atom is 0.307 e. The van der Waals surface area contributed by atoms with Crippen LogP contribution in [-0.4, -0.2) is 16.1 Å². The summed E-state index contributed by atoms with van der Waals surface area (Å²) in [7, 11) is 0. The lowest BCUT2D eigenvalue weighted by Crippen LogP contribution is -1.97. The van der Waals surface area contributed by atoms with E-state index in [0.29, 0.717) is 20.6 Å². The van der Waals surface area contributed by atoms with E-state index < -0.39 is 11.8 Å². The number of thiazole rings is 1. The number of nitrogens with zero attached hydrogens (tertiary/aromatic N) is 1. The van der Waals surface area contributed by atoms with Crippen LogP contribution in [0.5, 0.6) is 0 Å². The third-order valence-electron chi connectivity index (χ3n) is 3.20. The van der Waals surface area contributed by atoms with Crippen LogP contribution in [0.4, 0.5) is 4.39 Å². The van der Waals surface area contributed by atoms with E-state index in [0.717, 1.165) is 10.2 Å². The summed E-state index contributed by atoms with van der Waals surface area (Å²) in [6, 6.07) is 12.2. The average molecular weight is 392 g/mol. The second-order valence-corrected chi connectivity index (χ2v) is 6.84. The number of aliphatic carboxylic acids is 1. The minimum atomic E-state index is -0.979. The Hall–Kier alpha value is -2.05. The molecule has 1 aromatic heterocycles. The molecule has 6 heteroatoms. The van der Waals surface area contributed by atoms with Crippen molar-refractivity contribution in [2.24, 2.45) is 0 Å². The van der Waals surface area contributed by atoms with E-state index in [1.807, 2.05) is 24.3 Å². The molecule has 3 aromatic rings. The van der Waals surface area contributed by atoms with Crippen LogP contribution in [-0.2, 0) is 4.79 Å². The molecular weight excluding hydrogens is 381 g/mol. The summed E-state index contributed by atoms with van der Waals surface area (Å²) in [5.41, 5.74) is 1.63. The van der Waals surface area contributed by atoms with E-state index in [1.165, 1.54) is 17.4 Å². The number of fused-ring (bicyclic) bond motifs is 1. The van der Waals surface area contributed by atoms with Crippen LogP contribution >= 0.6 is 27.3 Å². The highest BCUT2D eigenvalue weighted by Crippen LogP contribution is 2.31. The van der Waals surface area contributed by atoms with Gasteiger partial charge >= 0.3 is 5.97 Å². The van der Waals surface area contributed by atoms with Gasteiger partial charge in [-0.05, 0) is 35.9 Å². The maximum atomic E-state index is 14.0. The van der Waals surface area contributed by atoms with E-state index in [2.05, 4.69) is 20.9 Å². The zero-order valence-corrected chi connectivity index (χ0v) is 14.2. The summed E-state index contributed by atoms with van der Waals surface area (Å²) in [4.78, 5) is 15.6. The topological polar surface area (TPSA) is 50.2 Å². The lowest BCUT2D eigenvalue weighted by atomic mass is 10.1. The summed E-state index contributed by atoms with van der Waals surface area (Å²) >= 11 is 4.61. The highest BCUT2D eigenvalue weighted by Gasteiger charge is 2.13. The molecule has 0 aliphatic carbocycles. The molecule has 0 spiro atoms. The molecule has 0 aliphatic rings. The number of carboxylic acid groups (broad SMARTS) is 1. The number of aromatic nitrogens is 1. The molecule has 0 atom stereocenters. The molecule has 0 unspecified atom stereocenters. The number of halogens is 2. The van der Waals surface area contributed by atoms with Crippen LogP contribution in [0.15, 0.2) is 46.9 Å². The van der Waals surface area contributed by atoms with Gasteiger partial charge in [-0.2, -0.15) is 0 Å². The van der Waals surface area contributed by atoms with Crippen molar-refractivity contribution in [2.75, 3.05) is 0 Å². The van der Waals surface area contributed by atoms with Gasteiger partial charge in [0.25, 0.3) is 0 Å². The first kappa shape index (κ1) is 15.8. The normalized spacial score (nSPS) is 11.8. The Kier molecular flexibility index (Phi) is 4.54. The van der Waals surface area contributed by atoms with Crippen molar-refractivity contribution in [3.05, 3.63) is 63.3 Å². The Morgan fingerprint density at radius 3 is 2.78 bits per heavy atom. The number of carboxylic acids is 1. The number of benzene rings is 2. The van der Waals surface area contributed by atoms with Gasteiger partial charge in [-0.15, -0.1) is 11.3 Å². The Labute approximate surface area is 144 Å². The van der Waals surface area contributed by atoms with Gasteiger partial charge in [0.1, 0.15) is 10.8 Å². The number of hydrogen-bond acceptors (Lipinski definition) is 3. The molecule has 0 saturated carbocycles. The molecule has 0 bridgehead atoms. The molecule has 1 heterocycles. The molecule has 1 N–H and O–H groups in total. The average Bonchev–Trinajstić information content (AvgIpc) is 2.92. The van der Waals surface area contributed by atoms with Crippen molar-refractivity contribution < 1.29 is 14.3 Å². The first-order valence-corrected chi connectivity index (χ1v) is 8.37. The van der Waals surface area contributed by atoms with Gasteiger partial charge in [0.15, 0.2) is 0 Å². The minimum absolute atomic E-state index is 0.213. The molecule has 0 amide bonds.